The van der Waals surface area contributed by atoms with E-state index < -0.39 is 0 Å². The van der Waals surface area contributed by atoms with Gasteiger partial charge in [0.2, 0.25) is 0 Å². The minimum atomic E-state index is -0.0925. The van der Waals surface area contributed by atoms with Crippen LogP contribution in [0.4, 0.5) is 0 Å². The van der Waals surface area contributed by atoms with Crippen LogP contribution in [0, 0.1) is 5.92 Å². The van der Waals surface area contributed by atoms with E-state index in [2.05, 4.69) is 31.4 Å². The van der Waals surface area contributed by atoms with Crippen molar-refractivity contribution in [3.05, 3.63) is 58.9 Å². The fourth-order valence-corrected chi connectivity index (χ4v) is 3.75. The quantitative estimate of drug-likeness (QED) is 0.433. The largest absolute Gasteiger partial charge is 0.496 e. The van der Waals surface area contributed by atoms with Gasteiger partial charge in [-0.1, -0.05) is 44.5 Å². The van der Waals surface area contributed by atoms with Gasteiger partial charge in [0, 0.05) is 18.1 Å². The van der Waals surface area contributed by atoms with E-state index in [1.165, 1.54) is 0 Å². The van der Waals surface area contributed by atoms with Crippen molar-refractivity contribution in [2.75, 3.05) is 13.7 Å². The number of nitrogens with zero attached hydrogens (tertiary/aromatic N) is 3. The highest BCUT2D eigenvalue weighted by atomic mass is 35.5. The van der Waals surface area contributed by atoms with E-state index in [0.29, 0.717) is 35.3 Å². The van der Waals surface area contributed by atoms with Crippen LogP contribution in [0.5, 0.6) is 5.75 Å². The highest BCUT2D eigenvalue weighted by Gasteiger charge is 2.23. The molecule has 0 aliphatic rings. The number of hydrogen-bond acceptors (Lipinski definition) is 3. The molecule has 2 aromatic carbocycles. The molecule has 1 amide bonds. The van der Waals surface area contributed by atoms with Crippen LogP contribution in [-0.4, -0.2) is 34.0 Å². The lowest BCUT2D eigenvalue weighted by Crippen LogP contribution is -2.33. The molecule has 30 heavy (non-hydrogen) atoms. The minimum Gasteiger partial charge on any atom is -0.496 e. The topological polar surface area (TPSA) is 47.4 Å². The Labute approximate surface area is 183 Å². The molecule has 6 heteroatoms. The van der Waals surface area contributed by atoms with Crippen molar-refractivity contribution in [1.29, 1.82) is 0 Å². The third kappa shape index (κ3) is 4.96. The number of fused-ring (bicyclic) bond motifs is 1. The Hall–Kier alpha value is -2.53. The van der Waals surface area contributed by atoms with Crippen molar-refractivity contribution in [3.8, 4) is 5.75 Å². The van der Waals surface area contributed by atoms with Crippen LogP contribution < -0.4 is 4.74 Å². The molecular formula is C24H30ClN3O2. The second-order valence-electron chi connectivity index (χ2n) is 7.92. The lowest BCUT2D eigenvalue weighted by Gasteiger charge is -2.25. The lowest BCUT2D eigenvalue weighted by atomic mass is 10.1. The van der Waals surface area contributed by atoms with E-state index >= 15 is 0 Å². The molecule has 0 unspecified atom stereocenters. The number of carbonyl (C=O) groups is 1. The first kappa shape index (κ1) is 22.2. The Morgan fingerprint density at radius 3 is 2.70 bits per heavy atom. The van der Waals surface area contributed by atoms with Crippen LogP contribution in [-0.2, 0) is 13.1 Å². The number of methoxy groups -OCH3 is 1. The summed E-state index contributed by atoms with van der Waals surface area (Å²) in [4.78, 5) is 20.2. The summed E-state index contributed by atoms with van der Waals surface area (Å²) < 4.78 is 7.65. The van der Waals surface area contributed by atoms with Gasteiger partial charge in [0.25, 0.3) is 5.91 Å². The number of aromatic nitrogens is 2. The van der Waals surface area contributed by atoms with Gasteiger partial charge < -0.3 is 14.2 Å². The number of imidazole rings is 1. The molecule has 0 bridgehead atoms. The molecule has 0 spiro atoms. The highest BCUT2D eigenvalue weighted by Crippen LogP contribution is 2.26. The van der Waals surface area contributed by atoms with Gasteiger partial charge in [0.1, 0.15) is 11.6 Å². The molecule has 3 rings (SSSR count). The maximum absolute atomic E-state index is 13.5. The molecule has 0 N–H and O–H groups in total. The molecule has 0 saturated carbocycles. The second kappa shape index (κ2) is 9.98. The number of ether oxygens (including phenoxy) is 1. The zero-order chi connectivity index (χ0) is 21.7. The molecule has 0 radical (unpaired) electrons. The summed E-state index contributed by atoms with van der Waals surface area (Å²) in [6.07, 6.45) is 1.90. The molecular weight excluding hydrogens is 398 g/mol. The van der Waals surface area contributed by atoms with Crippen LogP contribution in [0.15, 0.2) is 42.5 Å². The molecule has 1 heterocycles. The standard InChI is InChI=1S/C24H30ClN3O2/c1-5-13-28-21-9-7-6-8-20(21)26-23(28)16-27(14-12-17(2)3)24(29)19-15-18(25)10-11-22(19)30-4/h6-11,15,17H,5,12-14,16H2,1-4H3. The van der Waals surface area contributed by atoms with E-state index in [1.54, 1.807) is 25.3 Å². The van der Waals surface area contributed by atoms with Crippen LogP contribution in [0.25, 0.3) is 11.0 Å². The van der Waals surface area contributed by atoms with Crippen molar-refractivity contribution in [2.24, 2.45) is 5.92 Å². The van der Waals surface area contributed by atoms with Crippen molar-refractivity contribution < 1.29 is 9.53 Å². The smallest absolute Gasteiger partial charge is 0.258 e. The highest BCUT2D eigenvalue weighted by molar-refractivity contribution is 6.31. The predicted octanol–water partition coefficient (Wildman–Crippen LogP) is 5.80. The molecule has 1 aromatic heterocycles. The number of rotatable bonds is 9. The van der Waals surface area contributed by atoms with Gasteiger partial charge in [-0.15, -0.1) is 0 Å². The summed E-state index contributed by atoms with van der Waals surface area (Å²) in [6, 6.07) is 13.3. The van der Waals surface area contributed by atoms with Gasteiger partial charge >= 0.3 is 0 Å². The van der Waals surface area contributed by atoms with E-state index in [-0.39, 0.29) is 5.91 Å². The number of para-hydroxylation sites is 2. The predicted molar refractivity (Wildman–Crippen MR) is 122 cm³/mol. The Kier molecular flexibility index (Phi) is 7.38. The number of amides is 1. The third-order valence-electron chi connectivity index (χ3n) is 5.17. The Bertz CT molecular complexity index is 1010. The van der Waals surface area contributed by atoms with Crippen molar-refractivity contribution in [2.45, 2.75) is 46.7 Å². The third-order valence-corrected chi connectivity index (χ3v) is 5.40. The average Bonchev–Trinajstić information content (AvgIpc) is 3.08. The first-order valence-corrected chi connectivity index (χ1v) is 10.9. The fraction of sp³-hybridized carbons (Fsp3) is 0.417. The molecule has 160 valence electrons. The summed E-state index contributed by atoms with van der Waals surface area (Å²) in [5.74, 6) is 1.82. The molecule has 0 atom stereocenters. The van der Waals surface area contributed by atoms with E-state index in [4.69, 9.17) is 21.3 Å². The first-order chi connectivity index (χ1) is 14.4. The number of aryl methyl sites for hydroxylation is 1. The molecule has 3 aromatic rings. The summed E-state index contributed by atoms with van der Waals surface area (Å²) in [5, 5.41) is 0.515. The summed E-state index contributed by atoms with van der Waals surface area (Å²) in [7, 11) is 1.57. The number of halogens is 1. The Balaban J connectivity index is 1.99. The van der Waals surface area contributed by atoms with Gasteiger partial charge in [-0.05, 0) is 49.1 Å². The van der Waals surface area contributed by atoms with Crippen LogP contribution in [0.1, 0.15) is 49.8 Å². The minimum absolute atomic E-state index is 0.0925. The normalized spacial score (nSPS) is 11.3. The second-order valence-corrected chi connectivity index (χ2v) is 8.36. The fourth-order valence-electron chi connectivity index (χ4n) is 3.57. The molecule has 0 aliphatic heterocycles. The summed E-state index contributed by atoms with van der Waals surface area (Å²) >= 11 is 6.19. The molecule has 0 saturated heterocycles. The summed E-state index contributed by atoms with van der Waals surface area (Å²) in [6.45, 7) is 8.42. The molecule has 0 fully saturated rings. The van der Waals surface area contributed by atoms with Gasteiger partial charge in [-0.25, -0.2) is 4.98 Å². The SMILES string of the molecule is CCCn1c(CN(CCC(C)C)C(=O)c2cc(Cl)ccc2OC)nc2ccccc21. The molecule has 5 nitrogen and oxygen atoms in total. The number of benzene rings is 2. The van der Waals surface area contributed by atoms with Gasteiger partial charge in [-0.3, -0.25) is 4.79 Å². The van der Waals surface area contributed by atoms with E-state index in [9.17, 15) is 4.79 Å². The maximum atomic E-state index is 13.5. The van der Waals surface area contributed by atoms with Crippen molar-refractivity contribution in [3.63, 3.8) is 0 Å². The molecule has 0 aliphatic carbocycles. The van der Waals surface area contributed by atoms with Crippen LogP contribution >= 0.6 is 11.6 Å². The zero-order valence-corrected chi connectivity index (χ0v) is 18.9. The maximum Gasteiger partial charge on any atom is 0.258 e. The van der Waals surface area contributed by atoms with Crippen LogP contribution in [0.2, 0.25) is 5.02 Å². The van der Waals surface area contributed by atoms with Gasteiger partial charge in [-0.2, -0.15) is 0 Å². The van der Waals surface area contributed by atoms with Crippen molar-refractivity contribution in [1.82, 2.24) is 14.5 Å². The van der Waals surface area contributed by atoms with E-state index in [0.717, 1.165) is 36.2 Å². The Morgan fingerprint density at radius 1 is 1.23 bits per heavy atom. The van der Waals surface area contributed by atoms with Crippen molar-refractivity contribution >= 4 is 28.5 Å². The monoisotopic (exact) mass is 427 g/mol. The number of hydrogen-bond donors (Lipinski definition) is 0. The summed E-state index contributed by atoms with van der Waals surface area (Å²) in [5.41, 5.74) is 2.54. The lowest BCUT2D eigenvalue weighted by molar-refractivity contribution is 0.0726. The van der Waals surface area contributed by atoms with Gasteiger partial charge in [0.15, 0.2) is 0 Å². The van der Waals surface area contributed by atoms with E-state index in [1.807, 2.05) is 23.1 Å². The number of carbonyl (C=O) groups excluding carboxylic acids is 1. The van der Waals surface area contributed by atoms with Gasteiger partial charge in [0.05, 0.1) is 30.3 Å². The first-order valence-electron chi connectivity index (χ1n) is 10.5. The zero-order valence-electron chi connectivity index (χ0n) is 18.2. The average molecular weight is 428 g/mol. The Morgan fingerprint density at radius 2 is 2.00 bits per heavy atom. The van der Waals surface area contributed by atoms with Crippen LogP contribution in [0.3, 0.4) is 0 Å².